The first kappa shape index (κ1) is 9.10. The van der Waals surface area contributed by atoms with Crippen molar-refractivity contribution in [1.82, 2.24) is 9.78 Å². The van der Waals surface area contributed by atoms with Gasteiger partial charge in [-0.15, -0.1) is 0 Å². The molecule has 0 aromatic carbocycles. The molecule has 0 unspecified atom stereocenters. The second-order valence-corrected chi connectivity index (χ2v) is 3.41. The molecule has 3 heteroatoms. The molecule has 0 aliphatic carbocycles. The summed E-state index contributed by atoms with van der Waals surface area (Å²) < 4.78 is 1.76. The summed E-state index contributed by atoms with van der Waals surface area (Å²) in [6.45, 7) is 7.05. The number of nitrogens with zero attached hydrogens (tertiary/aromatic N) is 2. The quantitative estimate of drug-likeness (QED) is 0.747. The van der Waals surface area contributed by atoms with E-state index < -0.39 is 0 Å². The third-order valence-electron chi connectivity index (χ3n) is 1.74. The van der Waals surface area contributed by atoms with E-state index in [0.717, 1.165) is 18.7 Å². The van der Waals surface area contributed by atoms with Crippen LogP contribution in [0.2, 0.25) is 0 Å². The van der Waals surface area contributed by atoms with E-state index in [1.54, 1.807) is 10.9 Å². The van der Waals surface area contributed by atoms with E-state index >= 15 is 0 Å². The number of aryl methyl sites for hydroxylation is 1. The Morgan fingerprint density at radius 3 is 2.67 bits per heavy atom. The van der Waals surface area contributed by atoms with Gasteiger partial charge in [0.1, 0.15) is 5.69 Å². The minimum absolute atomic E-state index is 0.325. The van der Waals surface area contributed by atoms with Gasteiger partial charge in [0, 0.05) is 6.54 Å². The van der Waals surface area contributed by atoms with Gasteiger partial charge in [-0.05, 0) is 19.3 Å². The van der Waals surface area contributed by atoms with Crippen molar-refractivity contribution in [1.29, 1.82) is 0 Å². The Morgan fingerprint density at radius 2 is 2.25 bits per heavy atom. The van der Waals surface area contributed by atoms with Crippen LogP contribution in [0.15, 0.2) is 6.20 Å². The highest BCUT2D eigenvalue weighted by molar-refractivity contribution is 5.22. The van der Waals surface area contributed by atoms with Crippen molar-refractivity contribution < 1.29 is 5.11 Å². The molecular weight excluding hydrogens is 152 g/mol. The van der Waals surface area contributed by atoms with Gasteiger partial charge in [0.15, 0.2) is 5.75 Å². The van der Waals surface area contributed by atoms with Gasteiger partial charge in [0.05, 0.1) is 6.20 Å². The zero-order valence-corrected chi connectivity index (χ0v) is 7.91. The Labute approximate surface area is 73.0 Å². The molecule has 3 nitrogen and oxygen atoms in total. The van der Waals surface area contributed by atoms with Gasteiger partial charge in [-0.2, -0.15) is 5.10 Å². The Bertz CT molecular complexity index is 253. The van der Waals surface area contributed by atoms with Crippen molar-refractivity contribution in [3.8, 4) is 5.75 Å². The monoisotopic (exact) mass is 168 g/mol. The third-order valence-corrected chi connectivity index (χ3v) is 1.74. The first-order chi connectivity index (χ1) is 5.63. The Morgan fingerprint density at radius 1 is 1.58 bits per heavy atom. The number of hydrogen-bond donors (Lipinski definition) is 1. The molecule has 1 N–H and O–H groups in total. The molecule has 1 aromatic rings. The largest absolute Gasteiger partial charge is 0.504 e. The van der Waals surface area contributed by atoms with Crippen LogP contribution in [0, 0.1) is 5.92 Å². The lowest BCUT2D eigenvalue weighted by molar-refractivity contribution is 0.462. The lowest BCUT2D eigenvalue weighted by atomic mass is 10.1. The molecule has 0 aliphatic rings. The number of aromatic nitrogens is 2. The highest BCUT2D eigenvalue weighted by atomic mass is 16.3. The molecule has 0 atom stereocenters. The standard InChI is InChI=1S/C9H16N2O/c1-4-11-6-9(12)8(10-11)5-7(2)3/h6-7,12H,4-5H2,1-3H3. The number of aromatic hydroxyl groups is 1. The summed E-state index contributed by atoms with van der Waals surface area (Å²) in [5.41, 5.74) is 0.812. The summed E-state index contributed by atoms with van der Waals surface area (Å²) >= 11 is 0. The smallest absolute Gasteiger partial charge is 0.156 e. The zero-order valence-electron chi connectivity index (χ0n) is 7.91. The van der Waals surface area contributed by atoms with E-state index in [4.69, 9.17) is 0 Å². The topological polar surface area (TPSA) is 38.0 Å². The van der Waals surface area contributed by atoms with Crippen molar-refractivity contribution in [2.24, 2.45) is 5.92 Å². The normalized spacial score (nSPS) is 11.0. The van der Waals surface area contributed by atoms with Crippen LogP contribution in [-0.2, 0) is 13.0 Å². The summed E-state index contributed by atoms with van der Waals surface area (Å²) in [5, 5.41) is 13.7. The van der Waals surface area contributed by atoms with Gasteiger partial charge < -0.3 is 5.11 Å². The van der Waals surface area contributed by atoms with Gasteiger partial charge in [0.25, 0.3) is 0 Å². The van der Waals surface area contributed by atoms with Crippen molar-refractivity contribution in [3.05, 3.63) is 11.9 Å². The van der Waals surface area contributed by atoms with Crippen LogP contribution in [0.1, 0.15) is 26.5 Å². The highest BCUT2D eigenvalue weighted by Crippen LogP contribution is 2.17. The fraction of sp³-hybridized carbons (Fsp3) is 0.667. The maximum atomic E-state index is 9.43. The number of rotatable bonds is 3. The van der Waals surface area contributed by atoms with Crippen molar-refractivity contribution in [2.45, 2.75) is 33.7 Å². The molecule has 1 rings (SSSR count). The van der Waals surface area contributed by atoms with Gasteiger partial charge >= 0.3 is 0 Å². The molecule has 0 saturated heterocycles. The molecular formula is C9H16N2O. The lowest BCUT2D eigenvalue weighted by Crippen LogP contribution is -1.98. The fourth-order valence-electron chi connectivity index (χ4n) is 1.14. The molecule has 0 fully saturated rings. The van der Waals surface area contributed by atoms with Crippen LogP contribution in [0.3, 0.4) is 0 Å². The molecule has 68 valence electrons. The molecule has 0 amide bonds. The van der Waals surface area contributed by atoms with Gasteiger partial charge in [-0.1, -0.05) is 13.8 Å². The minimum Gasteiger partial charge on any atom is -0.504 e. The maximum Gasteiger partial charge on any atom is 0.156 e. The second kappa shape index (κ2) is 3.61. The summed E-state index contributed by atoms with van der Waals surface area (Å²) in [6.07, 6.45) is 2.52. The second-order valence-electron chi connectivity index (χ2n) is 3.41. The summed E-state index contributed by atoms with van der Waals surface area (Å²) in [5.74, 6) is 0.863. The van der Waals surface area contributed by atoms with E-state index in [9.17, 15) is 5.11 Å². The van der Waals surface area contributed by atoms with E-state index in [0.29, 0.717) is 11.7 Å². The predicted octanol–water partition coefficient (Wildman–Crippen LogP) is 1.81. The van der Waals surface area contributed by atoms with Crippen LogP contribution >= 0.6 is 0 Å². The molecule has 0 aliphatic heterocycles. The van der Waals surface area contributed by atoms with E-state index in [1.165, 1.54) is 0 Å². The van der Waals surface area contributed by atoms with Gasteiger partial charge in [-0.25, -0.2) is 0 Å². The third kappa shape index (κ3) is 2.00. The Balaban J connectivity index is 2.77. The predicted molar refractivity (Wildman–Crippen MR) is 48.1 cm³/mol. The molecule has 0 bridgehead atoms. The zero-order chi connectivity index (χ0) is 9.14. The molecule has 0 radical (unpaired) electrons. The molecule has 0 saturated carbocycles. The van der Waals surface area contributed by atoms with Gasteiger partial charge in [0.2, 0.25) is 0 Å². The van der Waals surface area contributed by atoms with E-state index in [2.05, 4.69) is 18.9 Å². The first-order valence-electron chi connectivity index (χ1n) is 4.38. The van der Waals surface area contributed by atoms with E-state index in [-0.39, 0.29) is 0 Å². The molecule has 0 spiro atoms. The van der Waals surface area contributed by atoms with Crippen LogP contribution < -0.4 is 0 Å². The van der Waals surface area contributed by atoms with Crippen LogP contribution in [0.5, 0.6) is 5.75 Å². The first-order valence-corrected chi connectivity index (χ1v) is 4.38. The van der Waals surface area contributed by atoms with Crippen LogP contribution in [0.4, 0.5) is 0 Å². The van der Waals surface area contributed by atoms with Crippen molar-refractivity contribution in [3.63, 3.8) is 0 Å². The van der Waals surface area contributed by atoms with E-state index in [1.807, 2.05) is 6.92 Å². The van der Waals surface area contributed by atoms with Crippen molar-refractivity contribution >= 4 is 0 Å². The molecule has 1 aromatic heterocycles. The minimum atomic E-state index is 0.325. The van der Waals surface area contributed by atoms with Crippen molar-refractivity contribution in [2.75, 3.05) is 0 Å². The van der Waals surface area contributed by atoms with Crippen LogP contribution in [-0.4, -0.2) is 14.9 Å². The fourth-order valence-corrected chi connectivity index (χ4v) is 1.14. The Hall–Kier alpha value is -0.990. The SMILES string of the molecule is CCn1cc(O)c(CC(C)C)n1. The maximum absolute atomic E-state index is 9.43. The summed E-state index contributed by atoms with van der Waals surface area (Å²) in [7, 11) is 0. The highest BCUT2D eigenvalue weighted by Gasteiger charge is 2.08. The average molecular weight is 168 g/mol. The lowest BCUT2D eigenvalue weighted by Gasteiger charge is -2.00. The summed E-state index contributed by atoms with van der Waals surface area (Å²) in [4.78, 5) is 0. The summed E-state index contributed by atoms with van der Waals surface area (Å²) in [6, 6.07) is 0. The molecule has 1 heterocycles. The molecule has 12 heavy (non-hydrogen) atoms. The average Bonchev–Trinajstić information content (AvgIpc) is 2.31. The van der Waals surface area contributed by atoms with Gasteiger partial charge in [-0.3, -0.25) is 4.68 Å². The Kier molecular flexibility index (Phi) is 2.74. The van der Waals surface area contributed by atoms with Crippen LogP contribution in [0.25, 0.3) is 0 Å². The number of hydrogen-bond acceptors (Lipinski definition) is 2.